The van der Waals surface area contributed by atoms with Gasteiger partial charge in [0, 0.05) is 6.42 Å². The molecule has 0 radical (unpaired) electrons. The molecule has 0 spiro atoms. The van der Waals surface area contributed by atoms with Gasteiger partial charge in [0.1, 0.15) is 18.1 Å². The summed E-state index contributed by atoms with van der Waals surface area (Å²) in [7, 11) is 0. The molecule has 0 aliphatic rings. The summed E-state index contributed by atoms with van der Waals surface area (Å²) in [6.07, 6.45) is -3.76. The number of ether oxygens (including phenoxy) is 1. The van der Waals surface area contributed by atoms with Crippen LogP contribution in [0.15, 0.2) is 53.7 Å². The van der Waals surface area contributed by atoms with Gasteiger partial charge in [0.2, 0.25) is 0 Å². The zero-order valence-corrected chi connectivity index (χ0v) is 12.5. The maximum atomic E-state index is 12.6. The van der Waals surface area contributed by atoms with Gasteiger partial charge in [-0.1, -0.05) is 29.4 Å². The first-order chi connectivity index (χ1) is 11.4. The van der Waals surface area contributed by atoms with Crippen LogP contribution in [0, 0.1) is 0 Å². The molecule has 7 heteroatoms. The number of carbonyl (C=O) groups excluding carboxylic acids is 1. The molecule has 0 heterocycles. The number of rotatable bonds is 6. The second kappa shape index (κ2) is 7.63. The Bertz CT molecular complexity index is 725. The van der Waals surface area contributed by atoms with Crippen LogP contribution >= 0.6 is 0 Å². The van der Waals surface area contributed by atoms with Gasteiger partial charge >= 0.3 is 6.18 Å². The van der Waals surface area contributed by atoms with Crippen molar-refractivity contribution in [1.82, 2.24) is 0 Å². The van der Waals surface area contributed by atoms with Crippen molar-refractivity contribution in [2.75, 3.05) is 0 Å². The van der Waals surface area contributed by atoms with Crippen LogP contribution in [-0.4, -0.2) is 17.2 Å². The van der Waals surface area contributed by atoms with Crippen molar-refractivity contribution < 1.29 is 27.9 Å². The third kappa shape index (κ3) is 4.84. The minimum absolute atomic E-state index is 0.000945. The number of nitrogens with zero attached hydrogens (tertiary/aromatic N) is 1. The van der Waals surface area contributed by atoms with Crippen LogP contribution in [0.4, 0.5) is 13.2 Å². The standard InChI is InChI=1S/C17H14F3NO3/c18-17(19,20)14-3-1-2-13(8-14)11-24-16-6-4-12(5-7-16)9-15(10-22)21-23/h1-8,10,23H,9,11H2. The number of hydrogen-bond acceptors (Lipinski definition) is 4. The molecule has 126 valence electrons. The molecule has 0 bridgehead atoms. The molecular formula is C17H14F3NO3. The highest BCUT2D eigenvalue weighted by Gasteiger charge is 2.30. The predicted molar refractivity (Wildman–Crippen MR) is 81.2 cm³/mol. The maximum Gasteiger partial charge on any atom is 0.416 e. The fourth-order valence-corrected chi connectivity index (χ4v) is 2.02. The Labute approximate surface area is 136 Å². The molecule has 2 aromatic carbocycles. The molecule has 0 unspecified atom stereocenters. The molecule has 0 fully saturated rings. The van der Waals surface area contributed by atoms with Crippen LogP contribution < -0.4 is 4.74 Å². The quantitative estimate of drug-likeness (QED) is 0.377. The summed E-state index contributed by atoms with van der Waals surface area (Å²) in [4.78, 5) is 10.6. The van der Waals surface area contributed by atoms with E-state index in [0.29, 0.717) is 17.6 Å². The average molecular weight is 337 g/mol. The van der Waals surface area contributed by atoms with Gasteiger partial charge in [0.15, 0.2) is 6.29 Å². The lowest BCUT2D eigenvalue weighted by atomic mass is 10.1. The molecule has 0 saturated carbocycles. The largest absolute Gasteiger partial charge is 0.489 e. The molecule has 0 atom stereocenters. The van der Waals surface area contributed by atoms with E-state index in [0.717, 1.165) is 17.7 Å². The van der Waals surface area contributed by atoms with E-state index >= 15 is 0 Å². The van der Waals surface area contributed by atoms with Crippen LogP contribution in [0.3, 0.4) is 0 Å². The normalized spacial score (nSPS) is 12.0. The number of oxime groups is 1. The van der Waals surface area contributed by atoms with Gasteiger partial charge in [0.05, 0.1) is 5.56 Å². The lowest BCUT2D eigenvalue weighted by Gasteiger charge is -2.10. The number of hydrogen-bond donors (Lipinski definition) is 1. The van der Waals surface area contributed by atoms with Gasteiger partial charge in [-0.05, 0) is 35.4 Å². The zero-order valence-electron chi connectivity index (χ0n) is 12.5. The van der Waals surface area contributed by atoms with Crippen molar-refractivity contribution in [2.24, 2.45) is 5.16 Å². The Morgan fingerprint density at radius 3 is 2.42 bits per heavy atom. The minimum atomic E-state index is -4.39. The van der Waals surface area contributed by atoms with Gasteiger partial charge in [-0.15, -0.1) is 0 Å². The van der Waals surface area contributed by atoms with E-state index in [2.05, 4.69) is 5.16 Å². The number of carbonyl (C=O) groups is 1. The van der Waals surface area contributed by atoms with Gasteiger partial charge in [-0.3, -0.25) is 4.79 Å². The topological polar surface area (TPSA) is 58.9 Å². The summed E-state index contributed by atoms with van der Waals surface area (Å²) in [5, 5.41) is 11.4. The summed E-state index contributed by atoms with van der Waals surface area (Å²) in [5.74, 6) is 0.477. The van der Waals surface area contributed by atoms with E-state index in [9.17, 15) is 18.0 Å². The van der Waals surface area contributed by atoms with Gasteiger partial charge in [-0.25, -0.2) is 0 Å². The van der Waals surface area contributed by atoms with Crippen molar-refractivity contribution in [3.05, 3.63) is 65.2 Å². The number of aldehydes is 1. The molecule has 4 nitrogen and oxygen atoms in total. The van der Waals surface area contributed by atoms with Crippen LogP contribution in [0.2, 0.25) is 0 Å². The Kier molecular flexibility index (Phi) is 5.57. The Morgan fingerprint density at radius 2 is 1.83 bits per heavy atom. The third-order valence-corrected chi connectivity index (χ3v) is 3.23. The first-order valence-corrected chi connectivity index (χ1v) is 6.96. The molecule has 0 aromatic heterocycles. The second-order valence-electron chi connectivity index (χ2n) is 5.02. The van der Waals surface area contributed by atoms with Crippen molar-refractivity contribution >= 4 is 12.0 Å². The lowest BCUT2D eigenvalue weighted by molar-refractivity contribution is -0.137. The monoisotopic (exact) mass is 337 g/mol. The molecule has 2 rings (SSSR count). The highest BCUT2D eigenvalue weighted by atomic mass is 19.4. The van der Waals surface area contributed by atoms with Crippen LogP contribution in [0.25, 0.3) is 0 Å². The summed E-state index contributed by atoms with van der Waals surface area (Å²) < 4.78 is 43.4. The van der Waals surface area contributed by atoms with Gasteiger partial charge in [0.25, 0.3) is 0 Å². The molecule has 0 aliphatic carbocycles. The SMILES string of the molecule is O=CC(Cc1ccc(OCc2cccc(C(F)(F)F)c2)cc1)=NO. The lowest BCUT2D eigenvalue weighted by Crippen LogP contribution is -2.06. The van der Waals surface area contributed by atoms with E-state index in [4.69, 9.17) is 9.94 Å². The Hall–Kier alpha value is -2.83. The first-order valence-electron chi connectivity index (χ1n) is 6.96. The predicted octanol–water partition coefficient (Wildman–Crippen LogP) is 3.86. The second-order valence-corrected chi connectivity index (χ2v) is 5.02. The summed E-state index contributed by atoms with van der Waals surface area (Å²) in [6, 6.07) is 11.5. The van der Waals surface area contributed by atoms with Crippen molar-refractivity contribution in [3.8, 4) is 5.75 Å². The van der Waals surface area contributed by atoms with E-state index in [1.807, 2.05) is 0 Å². The van der Waals surface area contributed by atoms with Crippen LogP contribution in [-0.2, 0) is 24.0 Å². The molecule has 1 N–H and O–H groups in total. The highest BCUT2D eigenvalue weighted by molar-refractivity contribution is 6.28. The summed E-state index contributed by atoms with van der Waals surface area (Å²) in [5.41, 5.74) is 0.419. The molecule has 2 aromatic rings. The van der Waals surface area contributed by atoms with Gasteiger partial charge < -0.3 is 9.94 Å². The van der Waals surface area contributed by atoms with Crippen molar-refractivity contribution in [2.45, 2.75) is 19.2 Å². The zero-order chi connectivity index (χ0) is 17.6. The molecule has 0 amide bonds. The Balaban J connectivity index is 1.99. The highest BCUT2D eigenvalue weighted by Crippen LogP contribution is 2.29. The molecule has 24 heavy (non-hydrogen) atoms. The fraction of sp³-hybridized carbons (Fsp3) is 0.176. The number of halogens is 3. The van der Waals surface area contributed by atoms with E-state index in [1.165, 1.54) is 6.07 Å². The van der Waals surface area contributed by atoms with Crippen molar-refractivity contribution in [1.29, 1.82) is 0 Å². The molecule has 0 aliphatic heterocycles. The smallest absolute Gasteiger partial charge is 0.416 e. The number of alkyl halides is 3. The summed E-state index contributed by atoms with van der Waals surface area (Å²) in [6.45, 7) is 0.000945. The van der Waals surface area contributed by atoms with E-state index in [1.54, 1.807) is 30.3 Å². The first kappa shape index (κ1) is 17.5. The molecule has 0 saturated heterocycles. The molecular weight excluding hydrogens is 323 g/mol. The summed E-state index contributed by atoms with van der Waals surface area (Å²) >= 11 is 0. The Morgan fingerprint density at radius 1 is 1.12 bits per heavy atom. The average Bonchev–Trinajstić information content (AvgIpc) is 2.58. The third-order valence-electron chi connectivity index (χ3n) is 3.23. The van der Waals surface area contributed by atoms with Crippen LogP contribution in [0.5, 0.6) is 5.75 Å². The van der Waals surface area contributed by atoms with Crippen LogP contribution in [0.1, 0.15) is 16.7 Å². The fourth-order valence-electron chi connectivity index (χ4n) is 2.02. The van der Waals surface area contributed by atoms with E-state index in [-0.39, 0.29) is 18.7 Å². The maximum absolute atomic E-state index is 12.6. The van der Waals surface area contributed by atoms with Crippen molar-refractivity contribution in [3.63, 3.8) is 0 Å². The number of benzene rings is 2. The van der Waals surface area contributed by atoms with Gasteiger partial charge in [-0.2, -0.15) is 13.2 Å². The minimum Gasteiger partial charge on any atom is -0.489 e. The van der Waals surface area contributed by atoms with E-state index < -0.39 is 11.7 Å².